The molecule has 2 aromatic rings. The van der Waals surface area contributed by atoms with Crippen LogP contribution in [0, 0.1) is 18.2 Å². The molecule has 3 rings (SSSR count). The van der Waals surface area contributed by atoms with E-state index in [-0.39, 0.29) is 11.2 Å². The third-order valence-corrected chi connectivity index (χ3v) is 7.18. The molecule has 158 valence electrons. The minimum Gasteiger partial charge on any atom is -0.388 e. The minimum atomic E-state index is -1.53. The van der Waals surface area contributed by atoms with Crippen molar-refractivity contribution in [3.8, 4) is 0 Å². The first kappa shape index (κ1) is 22.6. The molecule has 2 atom stereocenters. The predicted molar refractivity (Wildman–Crippen MR) is 114 cm³/mol. The van der Waals surface area contributed by atoms with Gasteiger partial charge in [-0.05, 0) is 67.9 Å². The molecule has 4 nitrogen and oxygen atoms in total. The number of benzene rings is 2. The fourth-order valence-electron chi connectivity index (χ4n) is 3.54. The van der Waals surface area contributed by atoms with Crippen molar-refractivity contribution in [1.29, 1.82) is 0 Å². The van der Waals surface area contributed by atoms with Gasteiger partial charge in [-0.2, -0.15) is 0 Å². The van der Waals surface area contributed by atoms with Gasteiger partial charge in [0.2, 0.25) is 0 Å². The summed E-state index contributed by atoms with van der Waals surface area (Å²) >= 11 is 1.79. The van der Waals surface area contributed by atoms with Crippen LogP contribution < -0.4 is 0 Å². The van der Waals surface area contributed by atoms with Crippen molar-refractivity contribution in [3.63, 3.8) is 0 Å². The molecule has 0 saturated carbocycles. The molecule has 0 bridgehead atoms. The zero-order chi connectivity index (χ0) is 20.9. The number of hydrogen-bond donors (Lipinski definition) is 1. The van der Waals surface area contributed by atoms with E-state index in [1.54, 1.807) is 6.07 Å². The Balaban J connectivity index is 1.63. The van der Waals surface area contributed by atoms with Crippen molar-refractivity contribution in [1.82, 2.24) is 0 Å². The van der Waals surface area contributed by atoms with Crippen molar-refractivity contribution >= 4 is 27.0 Å². The molecule has 0 spiro atoms. The summed E-state index contributed by atoms with van der Waals surface area (Å²) in [6.07, 6.45) is 2.06. The van der Waals surface area contributed by atoms with Crippen molar-refractivity contribution in [2.24, 2.45) is 5.41 Å². The van der Waals surface area contributed by atoms with E-state index in [0.717, 1.165) is 18.4 Å². The molecular formula is C22H26BrFO4S. The maximum absolute atomic E-state index is 13.3. The number of rotatable bonds is 8. The summed E-state index contributed by atoms with van der Waals surface area (Å²) < 4.78 is 37.7. The SMILES string of the molecule is Cc1ccc(S(=O)OCC2(CCC(O)c3ccc(F)cc3Br)CCOCC2)cc1. The molecule has 1 heterocycles. The highest BCUT2D eigenvalue weighted by molar-refractivity contribution is 9.10. The lowest BCUT2D eigenvalue weighted by atomic mass is 9.76. The fraction of sp³-hybridized carbons (Fsp3) is 0.455. The van der Waals surface area contributed by atoms with E-state index in [4.69, 9.17) is 8.92 Å². The van der Waals surface area contributed by atoms with E-state index in [2.05, 4.69) is 15.9 Å². The summed E-state index contributed by atoms with van der Waals surface area (Å²) in [7, 11) is 0. The second-order valence-corrected chi connectivity index (χ2v) is 9.67. The van der Waals surface area contributed by atoms with Gasteiger partial charge in [0.05, 0.1) is 17.6 Å². The van der Waals surface area contributed by atoms with Crippen molar-refractivity contribution in [2.75, 3.05) is 19.8 Å². The summed E-state index contributed by atoms with van der Waals surface area (Å²) in [6, 6.07) is 11.8. The molecule has 2 unspecified atom stereocenters. The van der Waals surface area contributed by atoms with Gasteiger partial charge in [0, 0.05) is 17.7 Å². The van der Waals surface area contributed by atoms with Crippen LogP contribution in [0.2, 0.25) is 0 Å². The van der Waals surface area contributed by atoms with Gasteiger partial charge < -0.3 is 9.84 Å². The highest BCUT2D eigenvalue weighted by atomic mass is 79.9. The first-order valence-corrected chi connectivity index (χ1v) is 11.6. The van der Waals surface area contributed by atoms with Crippen LogP contribution in [0.15, 0.2) is 51.8 Å². The van der Waals surface area contributed by atoms with Gasteiger partial charge in [0.15, 0.2) is 11.1 Å². The Morgan fingerprint density at radius 3 is 2.59 bits per heavy atom. The molecule has 0 aliphatic carbocycles. The summed E-state index contributed by atoms with van der Waals surface area (Å²) in [4.78, 5) is 0.646. The van der Waals surface area contributed by atoms with Crippen molar-refractivity contribution in [3.05, 3.63) is 63.9 Å². The van der Waals surface area contributed by atoms with E-state index in [9.17, 15) is 13.7 Å². The third kappa shape index (κ3) is 6.18. The van der Waals surface area contributed by atoms with Gasteiger partial charge in [-0.1, -0.05) is 39.7 Å². The van der Waals surface area contributed by atoms with Crippen molar-refractivity contribution < 1.29 is 22.6 Å². The number of ether oxygens (including phenoxy) is 1. The topological polar surface area (TPSA) is 55.8 Å². The zero-order valence-electron chi connectivity index (χ0n) is 16.4. The molecule has 2 aromatic carbocycles. The fourth-order valence-corrected chi connectivity index (χ4v) is 5.00. The average Bonchev–Trinajstić information content (AvgIpc) is 2.72. The van der Waals surface area contributed by atoms with Crippen LogP contribution in [0.4, 0.5) is 4.39 Å². The Morgan fingerprint density at radius 2 is 1.93 bits per heavy atom. The molecule has 1 N–H and O–H groups in total. The van der Waals surface area contributed by atoms with Gasteiger partial charge in [0.1, 0.15) is 5.82 Å². The van der Waals surface area contributed by atoms with Crippen LogP contribution in [0.1, 0.15) is 42.9 Å². The summed E-state index contributed by atoms with van der Waals surface area (Å²) in [6.45, 7) is 3.57. The number of halogens is 2. The maximum atomic E-state index is 13.3. The molecule has 1 aliphatic rings. The number of aryl methyl sites for hydroxylation is 1. The number of aliphatic hydroxyl groups is 1. The molecule has 0 amide bonds. The molecule has 1 fully saturated rings. The molecule has 7 heteroatoms. The normalized spacial score (nSPS) is 18.3. The van der Waals surface area contributed by atoms with Gasteiger partial charge in [0.25, 0.3) is 0 Å². The molecule has 0 aromatic heterocycles. The number of aliphatic hydroxyl groups excluding tert-OH is 1. The third-order valence-electron chi connectivity index (χ3n) is 5.51. The molecule has 0 radical (unpaired) electrons. The molecule has 1 saturated heterocycles. The first-order valence-electron chi connectivity index (χ1n) is 9.71. The van der Waals surface area contributed by atoms with E-state index in [1.165, 1.54) is 12.1 Å². The molecule has 1 aliphatic heterocycles. The van der Waals surface area contributed by atoms with Crippen LogP contribution in [0.5, 0.6) is 0 Å². The van der Waals surface area contributed by atoms with Crippen molar-refractivity contribution in [2.45, 2.75) is 43.6 Å². The lowest BCUT2D eigenvalue weighted by Crippen LogP contribution is -2.34. The summed E-state index contributed by atoms with van der Waals surface area (Å²) in [5.41, 5.74) is 1.57. The van der Waals surface area contributed by atoms with E-state index in [1.807, 2.05) is 31.2 Å². The Bertz CT molecular complexity index is 837. The Hall–Kier alpha value is -1.12. The largest absolute Gasteiger partial charge is 0.388 e. The smallest absolute Gasteiger partial charge is 0.189 e. The molecular weight excluding hydrogens is 459 g/mol. The monoisotopic (exact) mass is 484 g/mol. The second kappa shape index (κ2) is 10.3. The van der Waals surface area contributed by atoms with E-state index >= 15 is 0 Å². The number of hydrogen-bond acceptors (Lipinski definition) is 4. The predicted octanol–water partition coefficient (Wildman–Crippen LogP) is 5.25. The minimum absolute atomic E-state index is 0.202. The second-order valence-electron chi connectivity index (χ2n) is 7.64. The first-order chi connectivity index (χ1) is 13.9. The maximum Gasteiger partial charge on any atom is 0.189 e. The van der Waals surface area contributed by atoms with Crippen LogP contribution in [0.3, 0.4) is 0 Å². The van der Waals surface area contributed by atoms with E-state index in [0.29, 0.717) is 47.6 Å². The van der Waals surface area contributed by atoms with Gasteiger partial charge in [-0.25, -0.2) is 8.60 Å². The van der Waals surface area contributed by atoms with Crippen LogP contribution in [-0.2, 0) is 20.0 Å². The Kier molecular flexibility index (Phi) is 7.99. The lowest BCUT2D eigenvalue weighted by Gasteiger charge is -2.37. The Morgan fingerprint density at radius 1 is 1.24 bits per heavy atom. The van der Waals surface area contributed by atoms with Crippen LogP contribution in [-0.4, -0.2) is 29.1 Å². The molecule has 29 heavy (non-hydrogen) atoms. The van der Waals surface area contributed by atoms with Gasteiger partial charge in [-0.3, -0.25) is 4.18 Å². The summed E-state index contributed by atoms with van der Waals surface area (Å²) in [5, 5.41) is 10.6. The average molecular weight is 485 g/mol. The van der Waals surface area contributed by atoms with Gasteiger partial charge in [-0.15, -0.1) is 0 Å². The van der Waals surface area contributed by atoms with Crippen LogP contribution in [0.25, 0.3) is 0 Å². The highest BCUT2D eigenvalue weighted by Gasteiger charge is 2.34. The highest BCUT2D eigenvalue weighted by Crippen LogP contribution is 2.39. The van der Waals surface area contributed by atoms with Gasteiger partial charge >= 0.3 is 0 Å². The quantitative estimate of drug-likeness (QED) is 0.555. The standard InChI is InChI=1S/C22H26BrFO4S/c1-16-2-5-18(6-3-16)29(26)28-15-22(10-12-27-13-11-22)9-8-21(25)19-7-4-17(24)14-20(19)23/h2-7,14,21,25H,8-13,15H2,1H3. The zero-order valence-corrected chi connectivity index (χ0v) is 18.8. The summed E-state index contributed by atoms with van der Waals surface area (Å²) in [5.74, 6) is -0.347. The van der Waals surface area contributed by atoms with Crippen LogP contribution >= 0.6 is 15.9 Å². The van der Waals surface area contributed by atoms with E-state index < -0.39 is 17.2 Å². The Labute approximate surface area is 182 Å². The lowest BCUT2D eigenvalue weighted by molar-refractivity contribution is -0.0194.